The minimum absolute atomic E-state index is 0.166. The molecule has 1 spiro atoms. The molecular weight excluding hydrogens is 160 g/mol. The first-order valence-electron chi connectivity index (χ1n) is 5.19. The van der Waals surface area contributed by atoms with Crippen molar-refractivity contribution in [2.75, 3.05) is 19.6 Å². The van der Waals surface area contributed by atoms with Crippen LogP contribution in [0.1, 0.15) is 33.1 Å². The van der Waals surface area contributed by atoms with Crippen LogP contribution in [0.5, 0.6) is 0 Å². The van der Waals surface area contributed by atoms with Gasteiger partial charge in [-0.3, -0.25) is 0 Å². The van der Waals surface area contributed by atoms with Crippen molar-refractivity contribution in [1.82, 2.24) is 4.90 Å². The largest absolute Gasteiger partial charge is 0.301 e. The quantitative estimate of drug-likeness (QED) is 0.647. The van der Waals surface area contributed by atoms with Gasteiger partial charge in [0.1, 0.15) is 0 Å². The fourth-order valence-corrected chi connectivity index (χ4v) is 2.34. The van der Waals surface area contributed by atoms with Gasteiger partial charge < -0.3 is 4.90 Å². The maximum absolute atomic E-state index is 8.92. The summed E-state index contributed by atoms with van der Waals surface area (Å²) in [4.78, 5) is 2.47. The highest BCUT2D eigenvalue weighted by molar-refractivity contribution is 5.03. The van der Waals surface area contributed by atoms with E-state index >= 15 is 0 Å². The number of nitrogens with zero attached hydrogens (tertiary/aromatic N) is 2. The van der Waals surface area contributed by atoms with Gasteiger partial charge in [0, 0.05) is 13.1 Å². The molecule has 0 aromatic rings. The Morgan fingerprint density at radius 3 is 2.54 bits per heavy atom. The second-order valence-electron chi connectivity index (χ2n) is 5.46. The van der Waals surface area contributed by atoms with Crippen molar-refractivity contribution in [3.05, 3.63) is 0 Å². The first kappa shape index (κ1) is 9.02. The van der Waals surface area contributed by atoms with Crippen molar-refractivity contribution in [3.63, 3.8) is 0 Å². The zero-order valence-electron chi connectivity index (χ0n) is 8.64. The number of hydrogen-bond acceptors (Lipinski definition) is 2. The molecule has 0 aromatic carbocycles. The average Bonchev–Trinajstić information content (AvgIpc) is 2.69. The van der Waals surface area contributed by atoms with E-state index in [0.717, 1.165) is 6.54 Å². The smallest absolute Gasteiger partial charge is 0.0697 e. The van der Waals surface area contributed by atoms with Crippen LogP contribution < -0.4 is 0 Å². The topological polar surface area (TPSA) is 27.0 Å². The van der Waals surface area contributed by atoms with Crippen LogP contribution in [-0.2, 0) is 0 Å². The summed E-state index contributed by atoms with van der Waals surface area (Å²) >= 11 is 0. The van der Waals surface area contributed by atoms with Crippen LogP contribution in [0.3, 0.4) is 0 Å². The van der Waals surface area contributed by atoms with Gasteiger partial charge in [0.05, 0.1) is 11.5 Å². The molecule has 1 aliphatic carbocycles. The van der Waals surface area contributed by atoms with Crippen LogP contribution in [0, 0.1) is 22.2 Å². The standard InChI is InChI=1S/C11H18N2/c1-10(2,7-12)8-13-6-5-11(9-13)3-4-11/h3-6,8-9H2,1-2H3. The normalized spacial score (nSPS) is 26.2. The summed E-state index contributed by atoms with van der Waals surface area (Å²) in [5.74, 6) is 0. The summed E-state index contributed by atoms with van der Waals surface area (Å²) < 4.78 is 0. The Morgan fingerprint density at radius 1 is 1.38 bits per heavy atom. The lowest BCUT2D eigenvalue weighted by molar-refractivity contribution is 0.246. The van der Waals surface area contributed by atoms with Crippen LogP contribution in [-0.4, -0.2) is 24.5 Å². The first-order chi connectivity index (χ1) is 6.05. The Morgan fingerprint density at radius 2 is 2.08 bits per heavy atom. The van der Waals surface area contributed by atoms with Crippen molar-refractivity contribution in [2.24, 2.45) is 10.8 Å². The molecule has 1 saturated heterocycles. The average molecular weight is 178 g/mol. The van der Waals surface area contributed by atoms with Gasteiger partial charge in [-0.1, -0.05) is 0 Å². The molecule has 0 amide bonds. The molecule has 13 heavy (non-hydrogen) atoms. The zero-order chi connectivity index (χ0) is 9.53. The third-order valence-electron chi connectivity index (χ3n) is 3.40. The molecule has 2 nitrogen and oxygen atoms in total. The molecule has 1 heterocycles. The first-order valence-corrected chi connectivity index (χ1v) is 5.19. The van der Waals surface area contributed by atoms with Crippen LogP contribution in [0.15, 0.2) is 0 Å². The summed E-state index contributed by atoms with van der Waals surface area (Å²) in [5.41, 5.74) is 0.534. The molecule has 2 heteroatoms. The number of likely N-dealkylation sites (tertiary alicyclic amines) is 1. The van der Waals surface area contributed by atoms with Crippen molar-refractivity contribution in [3.8, 4) is 6.07 Å². The predicted molar refractivity (Wildman–Crippen MR) is 52.1 cm³/mol. The van der Waals surface area contributed by atoms with Gasteiger partial charge in [0.2, 0.25) is 0 Å². The Hall–Kier alpha value is -0.550. The minimum Gasteiger partial charge on any atom is -0.301 e. The Labute approximate surface area is 80.5 Å². The van der Waals surface area contributed by atoms with Crippen molar-refractivity contribution < 1.29 is 0 Å². The second kappa shape index (κ2) is 2.72. The summed E-state index contributed by atoms with van der Waals surface area (Å²) in [6.45, 7) is 7.48. The molecular formula is C11H18N2. The van der Waals surface area contributed by atoms with Gasteiger partial charge in [-0.15, -0.1) is 0 Å². The van der Waals surface area contributed by atoms with Gasteiger partial charge in [0.25, 0.3) is 0 Å². The van der Waals surface area contributed by atoms with E-state index in [1.54, 1.807) is 0 Å². The molecule has 1 aliphatic heterocycles. The maximum atomic E-state index is 8.92. The maximum Gasteiger partial charge on any atom is 0.0697 e. The van der Waals surface area contributed by atoms with Gasteiger partial charge in [-0.05, 0) is 45.1 Å². The Bertz CT molecular complexity index is 245. The van der Waals surface area contributed by atoms with E-state index in [2.05, 4.69) is 11.0 Å². The molecule has 2 aliphatic rings. The van der Waals surface area contributed by atoms with Crippen LogP contribution in [0.2, 0.25) is 0 Å². The number of rotatable bonds is 2. The summed E-state index contributed by atoms with van der Waals surface area (Å²) in [7, 11) is 0. The zero-order valence-corrected chi connectivity index (χ0v) is 8.64. The molecule has 2 rings (SSSR count). The number of hydrogen-bond donors (Lipinski definition) is 0. The number of nitriles is 1. The SMILES string of the molecule is CC(C)(C#N)CN1CCC2(CC2)C1. The summed E-state index contributed by atoms with van der Waals surface area (Å²) in [6, 6.07) is 2.37. The minimum atomic E-state index is -0.166. The third-order valence-corrected chi connectivity index (χ3v) is 3.40. The molecule has 72 valence electrons. The highest BCUT2D eigenvalue weighted by Crippen LogP contribution is 2.52. The van der Waals surface area contributed by atoms with Gasteiger partial charge in [0.15, 0.2) is 0 Å². The van der Waals surface area contributed by atoms with E-state index in [4.69, 9.17) is 5.26 Å². The second-order valence-corrected chi connectivity index (χ2v) is 5.46. The Balaban J connectivity index is 1.87. The highest BCUT2D eigenvalue weighted by Gasteiger charge is 2.48. The van der Waals surface area contributed by atoms with Crippen LogP contribution in [0.4, 0.5) is 0 Å². The van der Waals surface area contributed by atoms with Crippen LogP contribution in [0.25, 0.3) is 0 Å². The third kappa shape index (κ3) is 1.86. The van der Waals surface area contributed by atoms with E-state index in [0.29, 0.717) is 5.41 Å². The van der Waals surface area contributed by atoms with Crippen molar-refractivity contribution in [2.45, 2.75) is 33.1 Å². The highest BCUT2D eigenvalue weighted by atomic mass is 15.2. The van der Waals surface area contributed by atoms with Crippen molar-refractivity contribution >= 4 is 0 Å². The monoisotopic (exact) mass is 178 g/mol. The summed E-state index contributed by atoms with van der Waals surface area (Å²) in [6.07, 6.45) is 4.22. The lowest BCUT2D eigenvalue weighted by Crippen LogP contribution is -2.32. The molecule has 0 unspecified atom stereocenters. The fraction of sp³-hybridized carbons (Fsp3) is 0.909. The molecule has 1 saturated carbocycles. The van der Waals surface area contributed by atoms with Crippen LogP contribution >= 0.6 is 0 Å². The van der Waals surface area contributed by atoms with Crippen molar-refractivity contribution in [1.29, 1.82) is 5.26 Å². The van der Waals surface area contributed by atoms with Gasteiger partial charge in [-0.25, -0.2) is 0 Å². The van der Waals surface area contributed by atoms with E-state index in [1.165, 1.54) is 32.4 Å². The molecule has 0 N–H and O–H groups in total. The molecule has 2 fully saturated rings. The molecule has 0 aromatic heterocycles. The predicted octanol–water partition coefficient (Wildman–Crippen LogP) is 2.02. The van der Waals surface area contributed by atoms with E-state index in [9.17, 15) is 0 Å². The van der Waals surface area contributed by atoms with Gasteiger partial charge in [-0.2, -0.15) is 5.26 Å². The molecule has 0 radical (unpaired) electrons. The van der Waals surface area contributed by atoms with Gasteiger partial charge >= 0.3 is 0 Å². The van der Waals surface area contributed by atoms with E-state index in [-0.39, 0.29) is 5.41 Å². The Kier molecular flexibility index (Phi) is 1.89. The fourth-order valence-electron chi connectivity index (χ4n) is 2.34. The van der Waals surface area contributed by atoms with E-state index < -0.39 is 0 Å². The summed E-state index contributed by atoms with van der Waals surface area (Å²) in [5, 5.41) is 8.92. The molecule has 0 atom stereocenters. The van der Waals surface area contributed by atoms with E-state index in [1.807, 2.05) is 13.8 Å². The lowest BCUT2D eigenvalue weighted by Gasteiger charge is -2.23. The molecule has 0 bridgehead atoms. The lowest BCUT2D eigenvalue weighted by atomic mass is 9.95.